The van der Waals surface area contributed by atoms with Gasteiger partial charge >= 0.3 is 0 Å². The van der Waals surface area contributed by atoms with Gasteiger partial charge in [0.15, 0.2) is 0 Å². The third-order valence-corrected chi connectivity index (χ3v) is 3.30. The molecule has 2 rings (SSSR count). The van der Waals surface area contributed by atoms with Gasteiger partial charge in [-0.25, -0.2) is 4.98 Å². The molecule has 1 aromatic heterocycles. The molecule has 1 aliphatic heterocycles. The van der Waals surface area contributed by atoms with Crippen LogP contribution in [0.2, 0.25) is 0 Å². The van der Waals surface area contributed by atoms with Crippen LogP contribution in [-0.4, -0.2) is 55.2 Å². The van der Waals surface area contributed by atoms with Gasteiger partial charge in [-0.1, -0.05) is 0 Å². The van der Waals surface area contributed by atoms with E-state index in [9.17, 15) is 4.39 Å². The predicted octanol–water partition coefficient (Wildman–Crippen LogP) is 1.15. The van der Waals surface area contributed by atoms with Crippen LogP contribution >= 0.6 is 0 Å². The van der Waals surface area contributed by atoms with Crippen LogP contribution in [0.25, 0.3) is 0 Å². The normalized spacial score (nSPS) is 20.3. The van der Waals surface area contributed by atoms with E-state index in [2.05, 4.69) is 33.9 Å². The molecule has 0 saturated carbocycles. The van der Waals surface area contributed by atoms with Gasteiger partial charge in [0.2, 0.25) is 11.8 Å². The Morgan fingerprint density at radius 1 is 1.50 bits per heavy atom. The summed E-state index contributed by atoms with van der Waals surface area (Å²) in [6.45, 7) is 1.76. The molecule has 1 aliphatic rings. The Kier molecular flexibility index (Phi) is 3.96. The van der Waals surface area contributed by atoms with Crippen LogP contribution in [0.5, 0.6) is 5.88 Å². The van der Waals surface area contributed by atoms with Gasteiger partial charge in [-0.15, -0.1) is 0 Å². The fraction of sp³-hybridized carbons (Fsp3) is 0.667. The van der Waals surface area contributed by atoms with E-state index in [1.54, 1.807) is 0 Å². The molecule has 1 fully saturated rings. The van der Waals surface area contributed by atoms with E-state index in [0.717, 1.165) is 19.5 Å². The van der Waals surface area contributed by atoms with E-state index >= 15 is 0 Å². The number of hydrogen-bond donors (Lipinski definition) is 0. The Bertz CT molecular complexity index is 413. The van der Waals surface area contributed by atoms with Crippen molar-refractivity contribution in [1.82, 2.24) is 14.9 Å². The lowest BCUT2D eigenvalue weighted by molar-refractivity contribution is 0.256. The first-order chi connectivity index (χ1) is 8.61. The fourth-order valence-electron chi connectivity index (χ4n) is 2.20. The summed E-state index contributed by atoms with van der Waals surface area (Å²) in [5.74, 6) is 0.0224. The molecule has 0 bridgehead atoms. The number of anilines is 1. The molecule has 0 amide bonds. The van der Waals surface area contributed by atoms with Crippen LogP contribution in [0.3, 0.4) is 0 Å². The third-order valence-electron chi connectivity index (χ3n) is 3.30. The SMILES string of the molecule is COc1nc(N2CCC[C@@H](N(C)C)C2)ncc1F. The first kappa shape index (κ1) is 13.0. The molecule has 5 nitrogen and oxygen atoms in total. The van der Waals surface area contributed by atoms with Crippen LogP contribution in [0.4, 0.5) is 10.3 Å². The second kappa shape index (κ2) is 5.48. The maximum absolute atomic E-state index is 13.3. The van der Waals surface area contributed by atoms with Crippen molar-refractivity contribution in [2.75, 3.05) is 39.2 Å². The van der Waals surface area contributed by atoms with E-state index in [-0.39, 0.29) is 5.88 Å². The van der Waals surface area contributed by atoms with Gasteiger partial charge in [0.25, 0.3) is 5.88 Å². The van der Waals surface area contributed by atoms with Gasteiger partial charge in [0.1, 0.15) is 0 Å². The molecule has 6 heteroatoms. The average molecular weight is 254 g/mol. The lowest BCUT2D eigenvalue weighted by Gasteiger charge is -2.36. The van der Waals surface area contributed by atoms with E-state index in [1.807, 2.05) is 0 Å². The molecule has 18 heavy (non-hydrogen) atoms. The number of ether oxygens (including phenoxy) is 1. The lowest BCUT2D eigenvalue weighted by Crippen LogP contribution is -2.45. The minimum atomic E-state index is -0.526. The monoisotopic (exact) mass is 254 g/mol. The molecule has 1 saturated heterocycles. The molecular formula is C12H19FN4O. The molecule has 0 N–H and O–H groups in total. The highest BCUT2D eigenvalue weighted by Crippen LogP contribution is 2.21. The smallest absolute Gasteiger partial charge is 0.255 e. The molecular weight excluding hydrogens is 235 g/mol. The molecule has 1 aromatic rings. The Labute approximate surface area is 107 Å². The first-order valence-corrected chi connectivity index (χ1v) is 6.09. The highest BCUT2D eigenvalue weighted by molar-refractivity contribution is 5.33. The molecule has 2 heterocycles. The van der Waals surface area contributed by atoms with Crippen molar-refractivity contribution in [2.45, 2.75) is 18.9 Å². The van der Waals surface area contributed by atoms with Crippen molar-refractivity contribution in [2.24, 2.45) is 0 Å². The maximum Gasteiger partial charge on any atom is 0.255 e. The molecule has 1 atom stereocenters. The standard InChI is InChI=1S/C12H19FN4O/c1-16(2)9-5-4-6-17(8-9)12-14-7-10(13)11(15-12)18-3/h7,9H,4-6,8H2,1-3H3/t9-/m1/s1. The number of halogens is 1. The van der Waals surface area contributed by atoms with Crippen LogP contribution in [0.1, 0.15) is 12.8 Å². The van der Waals surface area contributed by atoms with E-state index in [4.69, 9.17) is 4.74 Å². The predicted molar refractivity (Wildman–Crippen MR) is 67.5 cm³/mol. The first-order valence-electron chi connectivity index (χ1n) is 6.09. The summed E-state index contributed by atoms with van der Waals surface area (Å²) in [6.07, 6.45) is 3.42. The van der Waals surface area contributed by atoms with Gasteiger partial charge in [0, 0.05) is 19.1 Å². The highest BCUT2D eigenvalue weighted by atomic mass is 19.1. The van der Waals surface area contributed by atoms with Crippen LogP contribution < -0.4 is 9.64 Å². The highest BCUT2D eigenvalue weighted by Gasteiger charge is 2.23. The number of piperidine rings is 1. The van der Waals surface area contributed by atoms with Crippen molar-refractivity contribution in [3.05, 3.63) is 12.0 Å². The van der Waals surface area contributed by atoms with Crippen molar-refractivity contribution < 1.29 is 9.13 Å². The zero-order valence-corrected chi connectivity index (χ0v) is 11.1. The molecule has 0 radical (unpaired) electrons. The Hall–Kier alpha value is -1.43. The number of methoxy groups -OCH3 is 1. The zero-order chi connectivity index (χ0) is 13.1. The number of likely N-dealkylation sites (N-methyl/N-ethyl adjacent to an activating group) is 1. The second-order valence-electron chi connectivity index (χ2n) is 4.73. The summed E-state index contributed by atoms with van der Waals surface area (Å²) >= 11 is 0. The Morgan fingerprint density at radius 3 is 2.94 bits per heavy atom. The summed E-state index contributed by atoms with van der Waals surface area (Å²) in [4.78, 5) is 12.4. The van der Waals surface area contributed by atoms with Gasteiger partial charge in [0.05, 0.1) is 13.3 Å². The van der Waals surface area contributed by atoms with Gasteiger partial charge in [-0.3, -0.25) is 0 Å². The van der Waals surface area contributed by atoms with E-state index < -0.39 is 5.82 Å². The molecule has 0 aromatic carbocycles. The second-order valence-corrected chi connectivity index (χ2v) is 4.73. The van der Waals surface area contributed by atoms with Gasteiger partial charge in [-0.05, 0) is 26.9 Å². The molecule has 0 spiro atoms. The van der Waals surface area contributed by atoms with Crippen molar-refractivity contribution >= 4 is 5.95 Å². The van der Waals surface area contributed by atoms with Crippen molar-refractivity contribution in [3.63, 3.8) is 0 Å². The van der Waals surface area contributed by atoms with E-state index in [1.165, 1.54) is 19.7 Å². The average Bonchev–Trinajstić information content (AvgIpc) is 2.39. The van der Waals surface area contributed by atoms with Crippen LogP contribution in [0, 0.1) is 5.82 Å². The number of rotatable bonds is 3. The summed E-state index contributed by atoms with van der Waals surface area (Å²) in [5, 5.41) is 0. The van der Waals surface area contributed by atoms with E-state index in [0.29, 0.717) is 12.0 Å². The number of nitrogens with zero attached hydrogens (tertiary/aromatic N) is 4. The van der Waals surface area contributed by atoms with Crippen LogP contribution in [-0.2, 0) is 0 Å². The number of aromatic nitrogens is 2. The molecule has 0 aliphatic carbocycles. The largest absolute Gasteiger partial charge is 0.479 e. The van der Waals surface area contributed by atoms with Crippen molar-refractivity contribution in [1.29, 1.82) is 0 Å². The maximum atomic E-state index is 13.3. The topological polar surface area (TPSA) is 41.5 Å². The summed E-state index contributed by atoms with van der Waals surface area (Å²) in [6, 6.07) is 0.485. The summed E-state index contributed by atoms with van der Waals surface area (Å²) < 4.78 is 18.2. The summed E-state index contributed by atoms with van der Waals surface area (Å²) in [5.41, 5.74) is 0. The Morgan fingerprint density at radius 2 is 2.28 bits per heavy atom. The molecule has 0 unspecified atom stereocenters. The van der Waals surface area contributed by atoms with Gasteiger partial charge < -0.3 is 14.5 Å². The Balaban J connectivity index is 2.15. The quantitative estimate of drug-likeness (QED) is 0.809. The van der Waals surface area contributed by atoms with Crippen LogP contribution in [0.15, 0.2) is 6.20 Å². The third kappa shape index (κ3) is 2.69. The number of hydrogen-bond acceptors (Lipinski definition) is 5. The van der Waals surface area contributed by atoms with Gasteiger partial charge in [-0.2, -0.15) is 9.37 Å². The van der Waals surface area contributed by atoms with Crippen molar-refractivity contribution in [3.8, 4) is 5.88 Å². The minimum Gasteiger partial charge on any atom is -0.479 e. The molecule has 100 valence electrons. The minimum absolute atomic E-state index is 0.00646. The lowest BCUT2D eigenvalue weighted by atomic mass is 10.1. The zero-order valence-electron chi connectivity index (χ0n) is 11.1. The summed E-state index contributed by atoms with van der Waals surface area (Å²) in [7, 11) is 5.55. The fourth-order valence-corrected chi connectivity index (χ4v) is 2.20.